The van der Waals surface area contributed by atoms with Crippen molar-refractivity contribution in [1.29, 1.82) is 0 Å². The van der Waals surface area contributed by atoms with Crippen LogP contribution in [0, 0.1) is 13.8 Å². The Hall–Kier alpha value is -3.44. The molecule has 2 aromatic heterocycles. The van der Waals surface area contributed by atoms with E-state index in [0.717, 1.165) is 50.6 Å². The van der Waals surface area contributed by atoms with Crippen molar-refractivity contribution in [3.8, 4) is 28.1 Å². The summed E-state index contributed by atoms with van der Waals surface area (Å²) in [7, 11) is 0. The molecule has 146 valence electrons. The molecule has 0 spiro atoms. The molecule has 3 N–H and O–H groups in total. The maximum atomic E-state index is 6.01. The molecule has 2 heterocycles. The van der Waals surface area contributed by atoms with Crippen molar-refractivity contribution in [2.75, 3.05) is 0 Å². The fourth-order valence-electron chi connectivity index (χ4n) is 3.39. The van der Waals surface area contributed by atoms with Gasteiger partial charge in [-0.05, 0) is 54.8 Å². The van der Waals surface area contributed by atoms with Gasteiger partial charge in [0.25, 0.3) is 0 Å². The molecule has 4 aromatic rings. The molecule has 0 unspecified atom stereocenters. The van der Waals surface area contributed by atoms with Crippen molar-refractivity contribution in [3.63, 3.8) is 0 Å². The molecule has 0 saturated carbocycles. The van der Waals surface area contributed by atoms with E-state index in [0.29, 0.717) is 13.2 Å². The number of ether oxygens (including phenoxy) is 1. The molecule has 0 aliphatic rings. The molecule has 0 bridgehead atoms. The standard InChI is InChI=1S/C24H24N4O/c1-16-10-21(11-17(2)27-16)23-14-26-28-24(23)20-4-3-5-22(12-20)29-15-19-8-6-18(13-25)7-9-19/h3-12,14H,13,15,25H2,1-2H3,(H,26,28). The average Bonchev–Trinajstić information content (AvgIpc) is 3.22. The second-order valence-corrected chi connectivity index (χ2v) is 7.13. The van der Waals surface area contributed by atoms with Crippen LogP contribution in [0.15, 0.2) is 66.9 Å². The van der Waals surface area contributed by atoms with Gasteiger partial charge in [-0.3, -0.25) is 10.1 Å². The van der Waals surface area contributed by atoms with Crippen LogP contribution in [0.5, 0.6) is 5.75 Å². The highest BCUT2D eigenvalue weighted by Crippen LogP contribution is 2.32. The van der Waals surface area contributed by atoms with Gasteiger partial charge in [0, 0.05) is 29.1 Å². The van der Waals surface area contributed by atoms with Crippen LogP contribution in [0.1, 0.15) is 22.5 Å². The first kappa shape index (κ1) is 18.9. The Balaban J connectivity index is 1.57. The molecule has 0 amide bonds. The summed E-state index contributed by atoms with van der Waals surface area (Å²) < 4.78 is 6.01. The molecule has 2 aromatic carbocycles. The molecule has 0 radical (unpaired) electrons. The normalized spacial score (nSPS) is 10.9. The van der Waals surface area contributed by atoms with Gasteiger partial charge in [-0.15, -0.1) is 0 Å². The summed E-state index contributed by atoms with van der Waals surface area (Å²) in [5.41, 5.74) is 14.0. The predicted octanol–water partition coefficient (Wildman–Crippen LogP) is 4.79. The fourth-order valence-corrected chi connectivity index (χ4v) is 3.39. The van der Waals surface area contributed by atoms with Gasteiger partial charge >= 0.3 is 0 Å². The molecule has 0 aliphatic heterocycles. The van der Waals surface area contributed by atoms with Gasteiger partial charge in [0.2, 0.25) is 0 Å². The topological polar surface area (TPSA) is 76.8 Å². The molecule has 0 saturated heterocycles. The summed E-state index contributed by atoms with van der Waals surface area (Å²) in [6.07, 6.45) is 1.86. The summed E-state index contributed by atoms with van der Waals surface area (Å²) >= 11 is 0. The number of nitrogens with two attached hydrogens (primary N) is 1. The SMILES string of the molecule is Cc1cc(-c2cn[nH]c2-c2cccc(OCc3ccc(CN)cc3)c2)cc(C)n1. The van der Waals surface area contributed by atoms with Gasteiger partial charge in [-0.1, -0.05) is 36.4 Å². The lowest BCUT2D eigenvalue weighted by Gasteiger charge is -2.10. The predicted molar refractivity (Wildman–Crippen MR) is 115 cm³/mol. The second-order valence-electron chi connectivity index (χ2n) is 7.13. The van der Waals surface area contributed by atoms with Crippen LogP contribution in [0.25, 0.3) is 22.4 Å². The number of aryl methyl sites for hydroxylation is 2. The number of H-pyrrole nitrogens is 1. The summed E-state index contributed by atoms with van der Waals surface area (Å²) in [5, 5.41) is 7.41. The van der Waals surface area contributed by atoms with Gasteiger partial charge in [0.1, 0.15) is 12.4 Å². The fraction of sp³-hybridized carbons (Fsp3) is 0.167. The van der Waals surface area contributed by atoms with Gasteiger partial charge in [-0.2, -0.15) is 5.10 Å². The molecule has 4 rings (SSSR count). The smallest absolute Gasteiger partial charge is 0.120 e. The van der Waals surface area contributed by atoms with E-state index in [1.165, 1.54) is 0 Å². The van der Waals surface area contributed by atoms with E-state index in [1.807, 2.05) is 62.5 Å². The first-order chi connectivity index (χ1) is 14.1. The number of rotatable bonds is 6. The van der Waals surface area contributed by atoms with E-state index in [-0.39, 0.29) is 0 Å². The molecule has 5 nitrogen and oxygen atoms in total. The first-order valence-electron chi connectivity index (χ1n) is 9.62. The summed E-state index contributed by atoms with van der Waals surface area (Å²) in [6.45, 7) is 5.06. The van der Waals surface area contributed by atoms with Gasteiger partial charge in [0.05, 0.1) is 11.9 Å². The number of aromatic amines is 1. The van der Waals surface area contributed by atoms with E-state index in [9.17, 15) is 0 Å². The number of nitrogens with one attached hydrogen (secondary N) is 1. The molecular formula is C24H24N4O. The minimum absolute atomic E-state index is 0.507. The number of nitrogens with zero attached hydrogens (tertiary/aromatic N) is 2. The van der Waals surface area contributed by atoms with Crippen LogP contribution in [-0.4, -0.2) is 15.2 Å². The average molecular weight is 384 g/mol. The summed E-state index contributed by atoms with van der Waals surface area (Å²) in [6, 6.07) is 20.4. The van der Waals surface area contributed by atoms with Crippen molar-refractivity contribution >= 4 is 0 Å². The third-order valence-electron chi connectivity index (χ3n) is 4.82. The number of hydrogen-bond donors (Lipinski definition) is 2. The molecule has 0 atom stereocenters. The molecule has 0 fully saturated rings. The molecular weight excluding hydrogens is 360 g/mol. The van der Waals surface area contributed by atoms with Gasteiger partial charge < -0.3 is 10.5 Å². The Morgan fingerprint density at radius 1 is 0.897 bits per heavy atom. The maximum absolute atomic E-state index is 6.01. The number of benzene rings is 2. The number of hydrogen-bond acceptors (Lipinski definition) is 4. The van der Waals surface area contributed by atoms with Crippen LogP contribution in [0.3, 0.4) is 0 Å². The molecule has 29 heavy (non-hydrogen) atoms. The van der Waals surface area contributed by atoms with E-state index < -0.39 is 0 Å². The summed E-state index contributed by atoms with van der Waals surface area (Å²) in [4.78, 5) is 4.47. The van der Waals surface area contributed by atoms with Crippen molar-refractivity contribution in [2.24, 2.45) is 5.73 Å². The van der Waals surface area contributed by atoms with Crippen LogP contribution in [-0.2, 0) is 13.2 Å². The Bertz CT molecular complexity index is 1100. The molecule has 5 heteroatoms. The second kappa shape index (κ2) is 8.29. The third-order valence-corrected chi connectivity index (χ3v) is 4.82. The number of aromatic nitrogens is 3. The van der Waals surface area contributed by atoms with Crippen molar-refractivity contribution < 1.29 is 4.74 Å². The van der Waals surface area contributed by atoms with Crippen LogP contribution in [0.2, 0.25) is 0 Å². The van der Waals surface area contributed by atoms with Gasteiger partial charge in [-0.25, -0.2) is 0 Å². The van der Waals surface area contributed by atoms with Crippen molar-refractivity contribution in [1.82, 2.24) is 15.2 Å². The molecule has 0 aliphatic carbocycles. The minimum atomic E-state index is 0.507. The van der Waals surface area contributed by atoms with Gasteiger partial charge in [0.15, 0.2) is 0 Å². The van der Waals surface area contributed by atoms with Crippen LogP contribution < -0.4 is 10.5 Å². The largest absolute Gasteiger partial charge is 0.489 e. The third kappa shape index (κ3) is 4.36. The van der Waals surface area contributed by atoms with Crippen LogP contribution >= 0.6 is 0 Å². The van der Waals surface area contributed by atoms with Crippen LogP contribution in [0.4, 0.5) is 0 Å². The first-order valence-corrected chi connectivity index (χ1v) is 9.62. The number of pyridine rings is 1. The minimum Gasteiger partial charge on any atom is -0.489 e. The maximum Gasteiger partial charge on any atom is 0.120 e. The lowest BCUT2D eigenvalue weighted by molar-refractivity contribution is 0.306. The quantitative estimate of drug-likeness (QED) is 0.501. The highest BCUT2D eigenvalue weighted by Gasteiger charge is 2.12. The van der Waals surface area contributed by atoms with E-state index in [4.69, 9.17) is 10.5 Å². The van der Waals surface area contributed by atoms with E-state index >= 15 is 0 Å². The highest BCUT2D eigenvalue weighted by atomic mass is 16.5. The monoisotopic (exact) mass is 384 g/mol. The van der Waals surface area contributed by atoms with Crippen molar-refractivity contribution in [2.45, 2.75) is 27.0 Å². The summed E-state index contributed by atoms with van der Waals surface area (Å²) in [5.74, 6) is 0.813. The van der Waals surface area contributed by atoms with E-state index in [2.05, 4.69) is 33.4 Å². The zero-order valence-corrected chi connectivity index (χ0v) is 16.6. The van der Waals surface area contributed by atoms with Crippen molar-refractivity contribution in [3.05, 3.63) is 89.4 Å². The zero-order valence-electron chi connectivity index (χ0n) is 16.6. The van der Waals surface area contributed by atoms with E-state index in [1.54, 1.807) is 0 Å². The zero-order chi connectivity index (χ0) is 20.2. The lowest BCUT2D eigenvalue weighted by Crippen LogP contribution is -1.98. The highest BCUT2D eigenvalue weighted by molar-refractivity contribution is 5.81. The Kier molecular flexibility index (Phi) is 5.40. The lowest BCUT2D eigenvalue weighted by atomic mass is 10.0. The Labute approximate surface area is 170 Å². The Morgan fingerprint density at radius 2 is 1.62 bits per heavy atom. The Morgan fingerprint density at radius 3 is 2.34 bits per heavy atom.